The van der Waals surface area contributed by atoms with E-state index in [1.165, 1.54) is 5.01 Å². The largest absolute Gasteiger partial charge is 0.325 e. The molecule has 0 aliphatic carbocycles. The second-order valence-electron chi connectivity index (χ2n) is 8.37. The van der Waals surface area contributed by atoms with Gasteiger partial charge in [-0.15, -0.1) is 0 Å². The Morgan fingerprint density at radius 1 is 1.06 bits per heavy atom. The molecule has 2 aromatic rings. The van der Waals surface area contributed by atoms with Crippen molar-refractivity contribution in [2.24, 2.45) is 11.0 Å². The molecule has 1 fully saturated rings. The van der Waals surface area contributed by atoms with Crippen molar-refractivity contribution in [3.63, 3.8) is 0 Å². The molecular formula is C24H26N4O3. The van der Waals surface area contributed by atoms with Crippen LogP contribution in [0, 0.1) is 5.92 Å². The van der Waals surface area contributed by atoms with Gasteiger partial charge in [0.2, 0.25) is 0 Å². The SMILES string of the molecule is CC(C)CC1(c2ccccc2)NC(=O)N(CC(=O)N2CCC(c3ccccc3)=N2)C1=O. The first-order chi connectivity index (χ1) is 14.9. The lowest BCUT2D eigenvalue weighted by molar-refractivity contribution is -0.139. The summed E-state index contributed by atoms with van der Waals surface area (Å²) in [6.07, 6.45) is 1.09. The smallest absolute Gasteiger partial charge is 0.319 e. The number of hydrazone groups is 1. The monoisotopic (exact) mass is 418 g/mol. The quantitative estimate of drug-likeness (QED) is 0.732. The molecule has 1 atom stereocenters. The minimum absolute atomic E-state index is 0.164. The van der Waals surface area contributed by atoms with Gasteiger partial charge in [-0.1, -0.05) is 74.5 Å². The van der Waals surface area contributed by atoms with E-state index in [2.05, 4.69) is 10.4 Å². The molecule has 160 valence electrons. The summed E-state index contributed by atoms with van der Waals surface area (Å²) >= 11 is 0. The molecule has 4 rings (SSSR count). The number of rotatable bonds is 6. The maximum Gasteiger partial charge on any atom is 0.325 e. The maximum atomic E-state index is 13.4. The van der Waals surface area contributed by atoms with E-state index in [0.29, 0.717) is 19.4 Å². The summed E-state index contributed by atoms with van der Waals surface area (Å²) in [6.45, 7) is 4.11. The van der Waals surface area contributed by atoms with Crippen LogP contribution in [-0.4, -0.2) is 46.6 Å². The summed E-state index contributed by atoms with van der Waals surface area (Å²) in [7, 11) is 0. The zero-order chi connectivity index (χ0) is 22.0. The van der Waals surface area contributed by atoms with E-state index >= 15 is 0 Å². The molecule has 4 amide bonds. The minimum atomic E-state index is -1.16. The average Bonchev–Trinajstić information content (AvgIpc) is 3.35. The molecule has 0 spiro atoms. The van der Waals surface area contributed by atoms with Crippen molar-refractivity contribution in [3.8, 4) is 0 Å². The lowest BCUT2D eigenvalue weighted by atomic mass is 9.82. The average molecular weight is 418 g/mol. The molecule has 0 bridgehead atoms. The van der Waals surface area contributed by atoms with E-state index in [1.807, 2.05) is 74.5 Å². The number of amides is 4. The summed E-state index contributed by atoms with van der Waals surface area (Å²) in [4.78, 5) is 40.1. The van der Waals surface area contributed by atoms with E-state index in [-0.39, 0.29) is 18.4 Å². The van der Waals surface area contributed by atoms with E-state index in [1.54, 1.807) is 0 Å². The van der Waals surface area contributed by atoms with Crippen molar-refractivity contribution >= 4 is 23.6 Å². The number of nitrogens with zero attached hydrogens (tertiary/aromatic N) is 3. The zero-order valence-electron chi connectivity index (χ0n) is 17.7. The summed E-state index contributed by atoms with van der Waals surface area (Å²) in [5.74, 6) is -0.600. The Kier molecular flexibility index (Phi) is 5.59. The molecule has 2 aromatic carbocycles. The van der Waals surface area contributed by atoms with Gasteiger partial charge in [0.1, 0.15) is 12.1 Å². The van der Waals surface area contributed by atoms with Gasteiger partial charge in [0.05, 0.1) is 12.3 Å². The van der Waals surface area contributed by atoms with Crippen LogP contribution >= 0.6 is 0 Å². The third-order valence-corrected chi connectivity index (χ3v) is 5.65. The molecule has 7 heteroatoms. The van der Waals surface area contributed by atoms with Gasteiger partial charge >= 0.3 is 6.03 Å². The molecule has 31 heavy (non-hydrogen) atoms. The van der Waals surface area contributed by atoms with Crippen LogP contribution in [-0.2, 0) is 15.1 Å². The Balaban J connectivity index is 1.54. The molecule has 2 aliphatic heterocycles. The topological polar surface area (TPSA) is 82.1 Å². The molecule has 2 aliphatic rings. The third kappa shape index (κ3) is 3.95. The Bertz CT molecular complexity index is 1020. The molecule has 0 saturated carbocycles. The van der Waals surface area contributed by atoms with Crippen LogP contribution in [0.15, 0.2) is 65.8 Å². The van der Waals surface area contributed by atoms with E-state index in [0.717, 1.165) is 21.7 Å². The first-order valence-corrected chi connectivity index (χ1v) is 10.5. The number of urea groups is 1. The van der Waals surface area contributed by atoms with Crippen LogP contribution in [0.1, 0.15) is 37.8 Å². The maximum absolute atomic E-state index is 13.4. The molecule has 1 saturated heterocycles. The zero-order valence-corrected chi connectivity index (χ0v) is 17.7. The van der Waals surface area contributed by atoms with Crippen LogP contribution in [0.2, 0.25) is 0 Å². The molecule has 2 heterocycles. The predicted octanol–water partition coefficient (Wildman–Crippen LogP) is 3.12. The first kappa shape index (κ1) is 20.8. The first-order valence-electron chi connectivity index (χ1n) is 10.5. The van der Waals surface area contributed by atoms with E-state index < -0.39 is 17.5 Å². The highest BCUT2D eigenvalue weighted by atomic mass is 16.2. The number of hydrogen-bond acceptors (Lipinski definition) is 4. The van der Waals surface area contributed by atoms with Crippen LogP contribution in [0.3, 0.4) is 0 Å². The molecule has 0 radical (unpaired) electrons. The number of nitrogens with one attached hydrogen (secondary N) is 1. The van der Waals surface area contributed by atoms with Crippen LogP contribution in [0.4, 0.5) is 4.79 Å². The van der Waals surface area contributed by atoms with Gasteiger partial charge < -0.3 is 5.32 Å². The highest BCUT2D eigenvalue weighted by Crippen LogP contribution is 2.35. The van der Waals surface area contributed by atoms with Gasteiger partial charge in [0.25, 0.3) is 11.8 Å². The summed E-state index contributed by atoms with van der Waals surface area (Å²) < 4.78 is 0. The van der Waals surface area contributed by atoms with Crippen molar-refractivity contribution in [1.82, 2.24) is 15.2 Å². The highest BCUT2D eigenvalue weighted by molar-refractivity contribution is 6.09. The van der Waals surface area contributed by atoms with Crippen molar-refractivity contribution < 1.29 is 14.4 Å². The Morgan fingerprint density at radius 3 is 2.35 bits per heavy atom. The van der Waals surface area contributed by atoms with Gasteiger partial charge in [0, 0.05) is 6.42 Å². The van der Waals surface area contributed by atoms with Crippen LogP contribution < -0.4 is 5.32 Å². The van der Waals surface area contributed by atoms with Crippen molar-refractivity contribution in [3.05, 3.63) is 71.8 Å². The number of imide groups is 1. The molecular weight excluding hydrogens is 392 g/mol. The van der Waals surface area contributed by atoms with Crippen LogP contribution in [0.5, 0.6) is 0 Å². The van der Waals surface area contributed by atoms with Crippen molar-refractivity contribution in [2.45, 2.75) is 32.2 Å². The Morgan fingerprint density at radius 2 is 1.71 bits per heavy atom. The van der Waals surface area contributed by atoms with Crippen LogP contribution in [0.25, 0.3) is 0 Å². The Hall–Kier alpha value is -3.48. The summed E-state index contributed by atoms with van der Waals surface area (Å²) in [5, 5.41) is 8.66. The fourth-order valence-corrected chi connectivity index (χ4v) is 4.24. The van der Waals surface area contributed by atoms with Crippen molar-refractivity contribution in [2.75, 3.05) is 13.1 Å². The summed E-state index contributed by atoms with van der Waals surface area (Å²) in [5.41, 5.74) is 1.36. The van der Waals surface area contributed by atoms with Gasteiger partial charge in [-0.2, -0.15) is 5.10 Å². The lowest BCUT2D eigenvalue weighted by Gasteiger charge is -2.29. The molecule has 1 N–H and O–H groups in total. The fourth-order valence-electron chi connectivity index (χ4n) is 4.24. The fraction of sp³-hybridized carbons (Fsp3) is 0.333. The number of carbonyl (C=O) groups is 3. The number of hydrogen-bond donors (Lipinski definition) is 1. The Labute approximate surface area is 181 Å². The van der Waals surface area contributed by atoms with E-state index in [9.17, 15) is 14.4 Å². The lowest BCUT2D eigenvalue weighted by Crippen LogP contribution is -2.46. The molecule has 0 aromatic heterocycles. The standard InChI is InChI=1S/C24H26N4O3/c1-17(2)15-24(19-11-7-4-8-12-19)22(30)27(23(31)25-24)16-21(29)28-14-13-20(26-28)18-9-5-3-6-10-18/h3-12,17H,13-16H2,1-2H3,(H,25,31). The van der Waals surface area contributed by atoms with Gasteiger partial charge in [-0.25, -0.2) is 9.80 Å². The molecule has 7 nitrogen and oxygen atoms in total. The second kappa shape index (κ2) is 8.34. The molecule has 1 unspecified atom stereocenters. The van der Waals surface area contributed by atoms with Gasteiger partial charge in [-0.3, -0.25) is 14.5 Å². The van der Waals surface area contributed by atoms with Crippen molar-refractivity contribution in [1.29, 1.82) is 0 Å². The number of benzene rings is 2. The van der Waals surface area contributed by atoms with E-state index in [4.69, 9.17) is 0 Å². The second-order valence-corrected chi connectivity index (χ2v) is 8.37. The predicted molar refractivity (Wildman–Crippen MR) is 117 cm³/mol. The third-order valence-electron chi connectivity index (χ3n) is 5.65. The normalized spacial score (nSPS) is 20.9. The van der Waals surface area contributed by atoms with Gasteiger partial charge in [0.15, 0.2) is 0 Å². The summed E-state index contributed by atoms with van der Waals surface area (Å²) in [6, 6.07) is 18.3. The minimum Gasteiger partial charge on any atom is -0.319 e. The number of carbonyl (C=O) groups excluding carboxylic acids is 3. The highest BCUT2D eigenvalue weighted by Gasteiger charge is 2.53. The van der Waals surface area contributed by atoms with Gasteiger partial charge in [-0.05, 0) is 23.5 Å².